The Balaban J connectivity index is 1.79. The van der Waals surface area contributed by atoms with Gasteiger partial charge in [0.1, 0.15) is 5.75 Å². The molecule has 0 radical (unpaired) electrons. The van der Waals surface area contributed by atoms with Gasteiger partial charge in [-0.1, -0.05) is 44.4 Å². The minimum atomic E-state index is -0.0171. The van der Waals surface area contributed by atoms with Gasteiger partial charge >= 0.3 is 0 Å². The van der Waals surface area contributed by atoms with Crippen molar-refractivity contribution < 1.29 is 9.53 Å². The summed E-state index contributed by atoms with van der Waals surface area (Å²) in [4.78, 5) is 12.0. The molecular weight excluding hydrogens is 250 g/mol. The van der Waals surface area contributed by atoms with E-state index in [-0.39, 0.29) is 12.5 Å². The summed E-state index contributed by atoms with van der Waals surface area (Å²) in [6.07, 6.45) is 3.56. The van der Waals surface area contributed by atoms with Crippen molar-refractivity contribution in [2.24, 2.45) is 11.8 Å². The van der Waals surface area contributed by atoms with Crippen LogP contribution in [0.2, 0.25) is 0 Å². The molecule has 2 rings (SSSR count). The van der Waals surface area contributed by atoms with Crippen LogP contribution in [0.25, 0.3) is 0 Å². The second-order valence-electron chi connectivity index (χ2n) is 6.04. The lowest BCUT2D eigenvalue weighted by molar-refractivity contribution is -0.124. The highest BCUT2D eigenvalue weighted by Gasteiger charge is 2.28. The minimum Gasteiger partial charge on any atom is -0.484 e. The number of rotatable bonds is 4. The van der Waals surface area contributed by atoms with Gasteiger partial charge in [-0.05, 0) is 37.3 Å². The van der Waals surface area contributed by atoms with Gasteiger partial charge in [0.15, 0.2) is 6.61 Å². The second kappa shape index (κ2) is 6.78. The number of hydrogen-bond donors (Lipinski definition) is 1. The van der Waals surface area contributed by atoms with E-state index in [0.717, 1.165) is 12.2 Å². The Morgan fingerprint density at radius 3 is 2.65 bits per heavy atom. The standard InChI is InChI=1S/C17H25NO2/c1-12-7-9-15(10-8-12)20-11-17(19)18-16-6-4-5-13(2)14(16)3/h7-10,13-14,16H,4-6,11H2,1-3H3,(H,18,19)/t13-,14-,16-/m1/s1. The fourth-order valence-corrected chi connectivity index (χ4v) is 2.82. The molecule has 0 spiro atoms. The van der Waals surface area contributed by atoms with Crippen molar-refractivity contribution in [3.05, 3.63) is 29.8 Å². The number of aryl methyl sites for hydroxylation is 1. The maximum Gasteiger partial charge on any atom is 0.258 e. The Morgan fingerprint density at radius 1 is 1.25 bits per heavy atom. The van der Waals surface area contributed by atoms with Crippen LogP contribution in [0.4, 0.5) is 0 Å². The summed E-state index contributed by atoms with van der Waals surface area (Å²) in [5.41, 5.74) is 1.19. The largest absolute Gasteiger partial charge is 0.484 e. The quantitative estimate of drug-likeness (QED) is 0.915. The van der Waals surface area contributed by atoms with Gasteiger partial charge in [-0.25, -0.2) is 0 Å². The van der Waals surface area contributed by atoms with E-state index in [0.29, 0.717) is 17.9 Å². The first-order valence-electron chi connectivity index (χ1n) is 7.55. The van der Waals surface area contributed by atoms with E-state index in [1.54, 1.807) is 0 Å². The molecular formula is C17H25NO2. The van der Waals surface area contributed by atoms with Gasteiger partial charge in [-0.2, -0.15) is 0 Å². The van der Waals surface area contributed by atoms with Crippen LogP contribution in [-0.2, 0) is 4.79 Å². The third-order valence-corrected chi connectivity index (χ3v) is 4.44. The van der Waals surface area contributed by atoms with Crippen molar-refractivity contribution >= 4 is 5.91 Å². The zero-order valence-corrected chi connectivity index (χ0v) is 12.7. The summed E-state index contributed by atoms with van der Waals surface area (Å²) in [5, 5.41) is 3.12. The fraction of sp³-hybridized carbons (Fsp3) is 0.588. The number of ether oxygens (including phenoxy) is 1. The number of carbonyl (C=O) groups excluding carboxylic acids is 1. The van der Waals surface area contributed by atoms with E-state index in [1.165, 1.54) is 18.4 Å². The molecule has 1 N–H and O–H groups in total. The highest BCUT2D eigenvalue weighted by molar-refractivity contribution is 5.77. The molecule has 1 aliphatic carbocycles. The minimum absolute atomic E-state index is 0.0171. The van der Waals surface area contributed by atoms with Crippen LogP contribution in [-0.4, -0.2) is 18.6 Å². The summed E-state index contributed by atoms with van der Waals surface area (Å²) < 4.78 is 5.51. The van der Waals surface area contributed by atoms with Gasteiger partial charge in [0.05, 0.1) is 0 Å². The molecule has 0 aliphatic heterocycles. The van der Waals surface area contributed by atoms with Crippen LogP contribution >= 0.6 is 0 Å². The average Bonchev–Trinajstić information content (AvgIpc) is 2.43. The van der Waals surface area contributed by atoms with Crippen LogP contribution in [0.5, 0.6) is 5.75 Å². The molecule has 0 bridgehead atoms. The monoisotopic (exact) mass is 275 g/mol. The van der Waals surface area contributed by atoms with Crippen molar-refractivity contribution in [3.8, 4) is 5.75 Å². The lowest BCUT2D eigenvalue weighted by Gasteiger charge is -2.34. The maximum atomic E-state index is 12.0. The molecule has 0 saturated heterocycles. The molecule has 20 heavy (non-hydrogen) atoms. The predicted octanol–water partition coefficient (Wildman–Crippen LogP) is 3.31. The third-order valence-electron chi connectivity index (χ3n) is 4.44. The summed E-state index contributed by atoms with van der Waals surface area (Å²) in [6.45, 7) is 6.63. The number of nitrogens with one attached hydrogen (secondary N) is 1. The molecule has 1 saturated carbocycles. The van der Waals surface area contributed by atoms with E-state index in [2.05, 4.69) is 19.2 Å². The number of amides is 1. The summed E-state index contributed by atoms with van der Waals surface area (Å²) in [5.74, 6) is 1.96. The van der Waals surface area contributed by atoms with E-state index >= 15 is 0 Å². The van der Waals surface area contributed by atoms with E-state index in [1.807, 2.05) is 31.2 Å². The number of carbonyl (C=O) groups is 1. The Labute approximate surface area is 121 Å². The predicted molar refractivity (Wildman–Crippen MR) is 80.8 cm³/mol. The average molecular weight is 275 g/mol. The van der Waals surface area contributed by atoms with Gasteiger partial charge in [0.2, 0.25) is 0 Å². The SMILES string of the molecule is Cc1ccc(OCC(=O)N[C@@H]2CCC[C@@H](C)[C@H]2C)cc1. The molecule has 1 aromatic rings. The second-order valence-corrected chi connectivity index (χ2v) is 6.04. The molecule has 3 atom stereocenters. The molecule has 1 aromatic carbocycles. The van der Waals surface area contributed by atoms with Crippen molar-refractivity contribution in [3.63, 3.8) is 0 Å². The van der Waals surface area contributed by atoms with Crippen LogP contribution in [0, 0.1) is 18.8 Å². The molecule has 0 unspecified atom stereocenters. The van der Waals surface area contributed by atoms with E-state index in [4.69, 9.17) is 4.74 Å². The Bertz CT molecular complexity index is 441. The topological polar surface area (TPSA) is 38.3 Å². The normalized spacial score (nSPS) is 26.1. The zero-order valence-electron chi connectivity index (χ0n) is 12.7. The first-order chi connectivity index (χ1) is 9.56. The van der Waals surface area contributed by atoms with Crippen molar-refractivity contribution in [2.75, 3.05) is 6.61 Å². The Hall–Kier alpha value is -1.51. The van der Waals surface area contributed by atoms with Crippen LogP contribution in [0.3, 0.4) is 0 Å². The summed E-state index contributed by atoms with van der Waals surface area (Å²) in [6, 6.07) is 8.06. The highest BCUT2D eigenvalue weighted by Crippen LogP contribution is 2.29. The zero-order chi connectivity index (χ0) is 14.5. The van der Waals surface area contributed by atoms with Crippen LogP contribution in [0.1, 0.15) is 38.7 Å². The third kappa shape index (κ3) is 3.99. The molecule has 0 heterocycles. The van der Waals surface area contributed by atoms with E-state index < -0.39 is 0 Å². The lowest BCUT2D eigenvalue weighted by Crippen LogP contribution is -2.45. The van der Waals surface area contributed by atoms with Gasteiger partial charge < -0.3 is 10.1 Å². The Morgan fingerprint density at radius 2 is 1.95 bits per heavy atom. The summed E-state index contributed by atoms with van der Waals surface area (Å²) in [7, 11) is 0. The van der Waals surface area contributed by atoms with Crippen molar-refractivity contribution in [2.45, 2.75) is 46.1 Å². The fourth-order valence-electron chi connectivity index (χ4n) is 2.82. The van der Waals surface area contributed by atoms with Crippen LogP contribution in [0.15, 0.2) is 24.3 Å². The van der Waals surface area contributed by atoms with Gasteiger partial charge in [0.25, 0.3) is 5.91 Å². The van der Waals surface area contributed by atoms with Gasteiger partial charge in [-0.15, -0.1) is 0 Å². The Kier molecular flexibility index (Phi) is 5.05. The molecule has 1 aliphatic rings. The number of benzene rings is 1. The maximum absolute atomic E-state index is 12.0. The van der Waals surface area contributed by atoms with E-state index in [9.17, 15) is 4.79 Å². The smallest absolute Gasteiger partial charge is 0.258 e. The first kappa shape index (κ1) is 14.9. The number of hydrogen-bond acceptors (Lipinski definition) is 2. The van der Waals surface area contributed by atoms with Gasteiger partial charge in [0, 0.05) is 6.04 Å². The molecule has 1 amide bonds. The first-order valence-corrected chi connectivity index (χ1v) is 7.55. The van der Waals surface area contributed by atoms with Crippen LogP contribution < -0.4 is 10.1 Å². The van der Waals surface area contributed by atoms with Gasteiger partial charge in [-0.3, -0.25) is 4.79 Å². The lowest BCUT2D eigenvalue weighted by atomic mass is 9.78. The summed E-state index contributed by atoms with van der Waals surface area (Å²) >= 11 is 0. The molecule has 110 valence electrons. The van der Waals surface area contributed by atoms with Crippen molar-refractivity contribution in [1.29, 1.82) is 0 Å². The molecule has 1 fully saturated rings. The molecule has 0 aromatic heterocycles. The molecule has 3 nitrogen and oxygen atoms in total. The highest BCUT2D eigenvalue weighted by atomic mass is 16.5. The van der Waals surface area contributed by atoms with Crippen molar-refractivity contribution in [1.82, 2.24) is 5.32 Å². The molecule has 3 heteroatoms.